The number of methoxy groups -OCH3 is 1. The lowest BCUT2D eigenvalue weighted by atomic mass is 10.3. The molecule has 1 aromatic heterocycles. The van der Waals surface area contributed by atoms with Crippen molar-refractivity contribution in [3.63, 3.8) is 0 Å². The molecule has 1 aliphatic heterocycles. The fourth-order valence-corrected chi connectivity index (χ4v) is 4.33. The number of urea groups is 1. The molecule has 3 aromatic rings. The molecule has 2 amide bonds. The molecule has 29 heavy (non-hydrogen) atoms. The molecule has 7 nitrogen and oxygen atoms in total. The standard InChI is InChI=1S/C21H24N4O3S/c1-3-28-17-5-4-6-18-19(17)23-21(29-18)25-13-11-24(12-14-25)20(26)22-15-7-9-16(27-2)10-8-15/h4-10H,3,11-14H2,1-2H3,(H,22,26). The first-order valence-electron chi connectivity index (χ1n) is 9.65. The van der Waals surface area contributed by atoms with Gasteiger partial charge in [0.15, 0.2) is 5.13 Å². The third-order valence-electron chi connectivity index (χ3n) is 4.85. The molecule has 4 rings (SSSR count). The van der Waals surface area contributed by atoms with E-state index in [1.54, 1.807) is 18.4 Å². The topological polar surface area (TPSA) is 66.9 Å². The monoisotopic (exact) mass is 412 g/mol. The molecule has 1 aliphatic rings. The number of nitrogens with one attached hydrogen (secondary N) is 1. The van der Waals surface area contributed by atoms with Gasteiger partial charge in [0.25, 0.3) is 0 Å². The van der Waals surface area contributed by atoms with Crippen LogP contribution in [-0.2, 0) is 0 Å². The van der Waals surface area contributed by atoms with E-state index in [9.17, 15) is 4.79 Å². The van der Waals surface area contributed by atoms with E-state index in [1.807, 2.05) is 48.2 Å². The van der Waals surface area contributed by atoms with Crippen molar-refractivity contribution in [1.29, 1.82) is 0 Å². The summed E-state index contributed by atoms with van der Waals surface area (Å²) in [4.78, 5) is 21.4. The second-order valence-electron chi connectivity index (χ2n) is 6.67. The molecule has 8 heteroatoms. The smallest absolute Gasteiger partial charge is 0.321 e. The fourth-order valence-electron chi connectivity index (χ4n) is 3.30. The lowest BCUT2D eigenvalue weighted by Crippen LogP contribution is -2.50. The maximum Gasteiger partial charge on any atom is 0.321 e. The Bertz CT molecular complexity index is 981. The summed E-state index contributed by atoms with van der Waals surface area (Å²) in [5.74, 6) is 1.59. The first-order chi connectivity index (χ1) is 14.2. The molecule has 0 radical (unpaired) electrons. The number of ether oxygens (including phenoxy) is 2. The summed E-state index contributed by atoms with van der Waals surface area (Å²) in [6.07, 6.45) is 0. The number of piperazine rings is 1. The number of rotatable bonds is 5. The summed E-state index contributed by atoms with van der Waals surface area (Å²) in [6.45, 7) is 5.39. The summed E-state index contributed by atoms with van der Waals surface area (Å²) in [5.41, 5.74) is 1.67. The molecule has 0 saturated carbocycles. The van der Waals surface area contributed by atoms with Gasteiger partial charge in [0, 0.05) is 31.9 Å². The normalized spacial score (nSPS) is 14.1. The average molecular weight is 413 g/mol. The maximum atomic E-state index is 12.6. The first kappa shape index (κ1) is 19.3. The van der Waals surface area contributed by atoms with Crippen LogP contribution in [0.4, 0.5) is 15.6 Å². The number of benzene rings is 2. The number of amides is 2. The molecule has 0 atom stereocenters. The van der Waals surface area contributed by atoms with Crippen LogP contribution in [0.25, 0.3) is 10.2 Å². The van der Waals surface area contributed by atoms with Crippen LogP contribution in [0.15, 0.2) is 42.5 Å². The number of anilines is 2. The fraction of sp³-hybridized carbons (Fsp3) is 0.333. The molecule has 0 spiro atoms. The molecular formula is C21H24N4O3S. The molecule has 1 N–H and O–H groups in total. The zero-order valence-electron chi connectivity index (χ0n) is 16.6. The summed E-state index contributed by atoms with van der Waals surface area (Å²) in [6, 6.07) is 13.3. The van der Waals surface area contributed by atoms with Crippen LogP contribution in [0, 0.1) is 0 Å². The Morgan fingerprint density at radius 1 is 1.14 bits per heavy atom. The number of carbonyl (C=O) groups is 1. The van der Waals surface area contributed by atoms with Gasteiger partial charge in [0.05, 0.1) is 18.4 Å². The predicted molar refractivity (Wildman–Crippen MR) is 117 cm³/mol. The Labute approximate surface area is 173 Å². The largest absolute Gasteiger partial charge is 0.497 e. The molecular weight excluding hydrogens is 388 g/mol. The minimum Gasteiger partial charge on any atom is -0.497 e. The van der Waals surface area contributed by atoms with Crippen molar-refractivity contribution in [1.82, 2.24) is 9.88 Å². The maximum absolute atomic E-state index is 12.6. The van der Waals surface area contributed by atoms with Crippen LogP contribution < -0.4 is 19.7 Å². The van der Waals surface area contributed by atoms with Crippen LogP contribution in [0.2, 0.25) is 0 Å². The van der Waals surface area contributed by atoms with E-state index in [0.717, 1.165) is 45.6 Å². The van der Waals surface area contributed by atoms with E-state index < -0.39 is 0 Å². The van der Waals surface area contributed by atoms with Crippen molar-refractivity contribution >= 4 is 38.4 Å². The van der Waals surface area contributed by atoms with Gasteiger partial charge in [0.1, 0.15) is 17.0 Å². The zero-order valence-corrected chi connectivity index (χ0v) is 17.4. The highest BCUT2D eigenvalue weighted by molar-refractivity contribution is 7.22. The van der Waals surface area contributed by atoms with E-state index in [0.29, 0.717) is 19.7 Å². The van der Waals surface area contributed by atoms with Gasteiger partial charge in [-0.2, -0.15) is 0 Å². The number of fused-ring (bicyclic) bond motifs is 1. The summed E-state index contributed by atoms with van der Waals surface area (Å²) < 4.78 is 12.0. The minimum atomic E-state index is -0.0854. The van der Waals surface area contributed by atoms with Crippen molar-refractivity contribution in [3.8, 4) is 11.5 Å². The van der Waals surface area contributed by atoms with E-state index in [2.05, 4.69) is 16.3 Å². The van der Waals surface area contributed by atoms with Crippen LogP contribution in [0.1, 0.15) is 6.92 Å². The molecule has 152 valence electrons. The molecule has 1 saturated heterocycles. The van der Waals surface area contributed by atoms with E-state index in [-0.39, 0.29) is 6.03 Å². The van der Waals surface area contributed by atoms with Crippen LogP contribution >= 0.6 is 11.3 Å². The highest BCUT2D eigenvalue weighted by Gasteiger charge is 2.23. The van der Waals surface area contributed by atoms with Crippen molar-refractivity contribution < 1.29 is 14.3 Å². The number of hydrogen-bond acceptors (Lipinski definition) is 6. The summed E-state index contributed by atoms with van der Waals surface area (Å²) in [7, 11) is 1.62. The molecule has 0 unspecified atom stereocenters. The van der Waals surface area contributed by atoms with Crippen molar-refractivity contribution in [2.24, 2.45) is 0 Å². The first-order valence-corrected chi connectivity index (χ1v) is 10.5. The lowest BCUT2D eigenvalue weighted by molar-refractivity contribution is 0.208. The average Bonchev–Trinajstić information content (AvgIpc) is 3.20. The van der Waals surface area contributed by atoms with Crippen molar-refractivity contribution in [2.75, 3.05) is 50.1 Å². The Morgan fingerprint density at radius 3 is 2.59 bits per heavy atom. The summed E-state index contributed by atoms with van der Waals surface area (Å²) in [5, 5.41) is 3.92. The van der Waals surface area contributed by atoms with E-state index in [4.69, 9.17) is 14.5 Å². The summed E-state index contributed by atoms with van der Waals surface area (Å²) >= 11 is 1.66. The van der Waals surface area contributed by atoms with E-state index in [1.165, 1.54) is 0 Å². The number of para-hydroxylation sites is 1. The Hall–Kier alpha value is -3.00. The SMILES string of the molecule is CCOc1cccc2sc(N3CCN(C(=O)Nc4ccc(OC)cc4)CC3)nc12. The number of aromatic nitrogens is 1. The molecule has 2 heterocycles. The van der Waals surface area contributed by atoms with Gasteiger partial charge in [-0.15, -0.1) is 0 Å². The van der Waals surface area contributed by atoms with Crippen LogP contribution in [0.3, 0.4) is 0 Å². The van der Waals surface area contributed by atoms with Gasteiger partial charge in [-0.1, -0.05) is 17.4 Å². The predicted octanol–water partition coefficient (Wildman–Crippen LogP) is 4.06. The molecule has 1 fully saturated rings. The third kappa shape index (κ3) is 4.22. The van der Waals surface area contributed by atoms with Crippen molar-refractivity contribution in [3.05, 3.63) is 42.5 Å². The van der Waals surface area contributed by atoms with Gasteiger partial charge >= 0.3 is 6.03 Å². The lowest BCUT2D eigenvalue weighted by Gasteiger charge is -2.34. The van der Waals surface area contributed by atoms with E-state index >= 15 is 0 Å². The zero-order chi connectivity index (χ0) is 20.2. The Balaban J connectivity index is 1.38. The van der Waals surface area contributed by atoms with Crippen LogP contribution in [0.5, 0.6) is 11.5 Å². The highest BCUT2D eigenvalue weighted by Crippen LogP contribution is 2.34. The second-order valence-corrected chi connectivity index (χ2v) is 7.67. The number of carbonyl (C=O) groups excluding carboxylic acids is 1. The number of hydrogen-bond donors (Lipinski definition) is 1. The second kappa shape index (κ2) is 8.57. The van der Waals surface area contributed by atoms with Gasteiger partial charge in [-0.25, -0.2) is 9.78 Å². The Morgan fingerprint density at radius 2 is 1.90 bits per heavy atom. The number of nitrogens with zero attached hydrogens (tertiary/aromatic N) is 3. The Kier molecular flexibility index (Phi) is 5.71. The minimum absolute atomic E-state index is 0.0854. The van der Waals surface area contributed by atoms with Crippen LogP contribution in [-0.4, -0.2) is 55.8 Å². The van der Waals surface area contributed by atoms with Crippen molar-refractivity contribution in [2.45, 2.75) is 6.92 Å². The van der Waals surface area contributed by atoms with Gasteiger partial charge in [-0.3, -0.25) is 0 Å². The van der Waals surface area contributed by atoms with Gasteiger partial charge in [0.2, 0.25) is 0 Å². The molecule has 0 bridgehead atoms. The molecule has 2 aromatic carbocycles. The highest BCUT2D eigenvalue weighted by atomic mass is 32.1. The third-order valence-corrected chi connectivity index (χ3v) is 5.93. The van der Waals surface area contributed by atoms with Gasteiger partial charge < -0.3 is 24.6 Å². The molecule has 0 aliphatic carbocycles. The quantitative estimate of drug-likeness (QED) is 0.685. The number of thiazole rings is 1. The van der Waals surface area contributed by atoms with Gasteiger partial charge in [-0.05, 0) is 43.3 Å².